The van der Waals surface area contributed by atoms with E-state index in [0.717, 1.165) is 11.1 Å². The number of para-hydroxylation sites is 3. The first-order valence-corrected chi connectivity index (χ1v) is 14.5. The SMILES string of the molecule is O=C(C[n+]1ccn(CC(OCc2ccc(Cl)cc2Cl)c2ccc(Cl)cc2Cl)c1)Nc1ccccc1Oc1ccccc1. The molecule has 0 saturated heterocycles. The highest BCUT2D eigenvalue weighted by molar-refractivity contribution is 6.35. The second-order valence-electron chi connectivity index (χ2n) is 9.44. The number of halogens is 4. The number of hydrogen-bond donors (Lipinski definition) is 1. The van der Waals surface area contributed by atoms with Crippen LogP contribution < -0.4 is 14.6 Å². The van der Waals surface area contributed by atoms with Gasteiger partial charge in [0.05, 0.1) is 12.3 Å². The first-order valence-electron chi connectivity index (χ1n) is 13.0. The Morgan fingerprint density at radius 3 is 2.33 bits per heavy atom. The third-order valence-corrected chi connectivity index (χ3v) is 7.50. The molecule has 1 amide bonds. The predicted molar refractivity (Wildman–Crippen MR) is 167 cm³/mol. The Labute approximate surface area is 263 Å². The summed E-state index contributed by atoms with van der Waals surface area (Å²) in [4.78, 5) is 13.0. The van der Waals surface area contributed by atoms with E-state index in [1.165, 1.54) is 0 Å². The second-order valence-corrected chi connectivity index (χ2v) is 11.1. The quantitative estimate of drug-likeness (QED) is 0.147. The molecule has 1 aromatic heterocycles. The summed E-state index contributed by atoms with van der Waals surface area (Å²) in [6, 6.07) is 27.3. The molecule has 1 N–H and O–H groups in total. The number of benzene rings is 4. The molecule has 10 heteroatoms. The number of nitrogens with zero attached hydrogens (tertiary/aromatic N) is 2. The van der Waals surface area contributed by atoms with Crippen LogP contribution in [0.3, 0.4) is 0 Å². The van der Waals surface area contributed by atoms with E-state index in [0.29, 0.717) is 43.8 Å². The maximum atomic E-state index is 13.0. The van der Waals surface area contributed by atoms with E-state index in [9.17, 15) is 4.79 Å². The van der Waals surface area contributed by atoms with Gasteiger partial charge in [0, 0.05) is 25.7 Å². The lowest BCUT2D eigenvalue weighted by Gasteiger charge is -2.19. The second kappa shape index (κ2) is 14.1. The Bertz CT molecular complexity index is 1680. The summed E-state index contributed by atoms with van der Waals surface area (Å²) in [6.45, 7) is 0.767. The minimum atomic E-state index is -0.432. The zero-order chi connectivity index (χ0) is 29.5. The maximum Gasteiger partial charge on any atom is 0.266 e. The Morgan fingerprint density at radius 2 is 1.57 bits per heavy atom. The molecule has 0 spiro atoms. The summed E-state index contributed by atoms with van der Waals surface area (Å²) in [5.74, 6) is 1.04. The normalized spacial score (nSPS) is 11.7. The first kappa shape index (κ1) is 30.0. The molecule has 0 fully saturated rings. The molecular formula is C32H26Cl4N3O3+. The molecular weight excluding hydrogens is 616 g/mol. The molecule has 214 valence electrons. The number of carbonyl (C=O) groups excluding carboxylic acids is 1. The third kappa shape index (κ3) is 8.06. The Morgan fingerprint density at radius 1 is 0.857 bits per heavy atom. The van der Waals surface area contributed by atoms with E-state index in [-0.39, 0.29) is 19.1 Å². The van der Waals surface area contributed by atoms with E-state index < -0.39 is 6.10 Å². The summed E-state index contributed by atoms with van der Waals surface area (Å²) >= 11 is 25.1. The minimum absolute atomic E-state index is 0.0975. The number of nitrogens with one attached hydrogen (secondary N) is 1. The number of carbonyl (C=O) groups is 1. The van der Waals surface area contributed by atoms with Crippen LogP contribution in [0.4, 0.5) is 5.69 Å². The first-order chi connectivity index (χ1) is 20.3. The fraction of sp³-hybridized carbons (Fsp3) is 0.125. The molecule has 5 rings (SSSR count). The van der Waals surface area contributed by atoms with Crippen molar-refractivity contribution >= 4 is 58.0 Å². The van der Waals surface area contributed by atoms with Gasteiger partial charge in [-0.05, 0) is 54.1 Å². The van der Waals surface area contributed by atoms with Crippen LogP contribution in [0.5, 0.6) is 11.5 Å². The highest BCUT2D eigenvalue weighted by atomic mass is 35.5. The van der Waals surface area contributed by atoms with Gasteiger partial charge in [0.2, 0.25) is 6.33 Å². The van der Waals surface area contributed by atoms with Crippen LogP contribution in [-0.2, 0) is 29.2 Å². The maximum absolute atomic E-state index is 13.0. The van der Waals surface area contributed by atoms with Gasteiger partial charge < -0.3 is 14.8 Å². The monoisotopic (exact) mass is 640 g/mol. The number of amides is 1. The predicted octanol–water partition coefficient (Wildman–Crippen LogP) is 8.78. The van der Waals surface area contributed by atoms with Gasteiger partial charge in [-0.3, -0.25) is 4.79 Å². The van der Waals surface area contributed by atoms with Crippen LogP contribution in [0.25, 0.3) is 0 Å². The van der Waals surface area contributed by atoms with Crippen molar-refractivity contribution in [3.63, 3.8) is 0 Å². The van der Waals surface area contributed by atoms with Crippen LogP contribution in [0.2, 0.25) is 20.1 Å². The Kier molecular flexibility index (Phi) is 10.1. The summed E-state index contributed by atoms with van der Waals surface area (Å²) in [6.07, 6.45) is 5.09. The van der Waals surface area contributed by atoms with Crippen molar-refractivity contribution in [2.45, 2.75) is 25.8 Å². The number of aromatic nitrogens is 2. The van der Waals surface area contributed by atoms with E-state index >= 15 is 0 Å². The third-order valence-electron chi connectivity index (χ3n) is 6.35. The van der Waals surface area contributed by atoms with E-state index in [1.807, 2.05) is 84.0 Å². The molecule has 0 bridgehead atoms. The largest absolute Gasteiger partial charge is 0.455 e. The summed E-state index contributed by atoms with van der Waals surface area (Å²) in [5, 5.41) is 5.04. The lowest BCUT2D eigenvalue weighted by atomic mass is 10.1. The van der Waals surface area contributed by atoms with Gasteiger partial charge in [0.25, 0.3) is 5.91 Å². The topological polar surface area (TPSA) is 56.4 Å². The summed E-state index contributed by atoms with van der Waals surface area (Å²) in [5.41, 5.74) is 2.16. The van der Waals surface area contributed by atoms with Crippen molar-refractivity contribution in [1.29, 1.82) is 0 Å². The fourth-order valence-corrected chi connectivity index (χ4v) is 5.29. The number of ether oxygens (including phenoxy) is 2. The smallest absolute Gasteiger partial charge is 0.266 e. The molecule has 6 nitrogen and oxygen atoms in total. The van der Waals surface area contributed by atoms with Crippen molar-refractivity contribution in [3.8, 4) is 11.5 Å². The molecule has 1 heterocycles. The van der Waals surface area contributed by atoms with Gasteiger partial charge in [-0.2, -0.15) is 0 Å². The molecule has 4 aromatic carbocycles. The number of rotatable bonds is 11. The molecule has 1 unspecified atom stereocenters. The molecule has 0 aliphatic rings. The van der Waals surface area contributed by atoms with Gasteiger partial charge in [-0.1, -0.05) is 88.9 Å². The summed E-state index contributed by atoms with van der Waals surface area (Å²) in [7, 11) is 0. The number of anilines is 1. The van der Waals surface area contributed by atoms with Crippen molar-refractivity contribution in [2.24, 2.45) is 0 Å². The molecule has 1 atom stereocenters. The molecule has 5 aromatic rings. The Hall–Kier alpha value is -3.52. The zero-order valence-electron chi connectivity index (χ0n) is 22.2. The van der Waals surface area contributed by atoms with Gasteiger partial charge >= 0.3 is 0 Å². The van der Waals surface area contributed by atoms with E-state index in [2.05, 4.69) is 5.32 Å². The zero-order valence-corrected chi connectivity index (χ0v) is 25.2. The van der Waals surface area contributed by atoms with Gasteiger partial charge in [-0.15, -0.1) is 0 Å². The van der Waals surface area contributed by atoms with Crippen LogP contribution >= 0.6 is 46.4 Å². The fourth-order valence-electron chi connectivity index (χ4n) is 4.29. The average Bonchev–Trinajstić information content (AvgIpc) is 3.40. The molecule has 0 aliphatic heterocycles. The van der Waals surface area contributed by atoms with Gasteiger partial charge in [0.1, 0.15) is 30.8 Å². The van der Waals surface area contributed by atoms with Crippen molar-refractivity contribution in [3.05, 3.63) is 141 Å². The van der Waals surface area contributed by atoms with E-state index in [4.69, 9.17) is 55.9 Å². The molecule has 42 heavy (non-hydrogen) atoms. The van der Waals surface area contributed by atoms with Crippen LogP contribution in [-0.4, -0.2) is 10.5 Å². The van der Waals surface area contributed by atoms with Crippen LogP contribution in [0, 0.1) is 0 Å². The van der Waals surface area contributed by atoms with Gasteiger partial charge in [-0.25, -0.2) is 9.13 Å². The van der Waals surface area contributed by atoms with Crippen molar-refractivity contribution < 1.29 is 18.8 Å². The number of imidazole rings is 1. The summed E-state index contributed by atoms with van der Waals surface area (Å²) < 4.78 is 16.0. The van der Waals surface area contributed by atoms with E-state index in [1.54, 1.807) is 34.9 Å². The van der Waals surface area contributed by atoms with Crippen molar-refractivity contribution in [1.82, 2.24) is 4.57 Å². The standard InChI is InChI=1S/C32H25Cl4N3O3/c33-23-11-10-22(27(35)16-23)20-41-31(26-13-12-24(34)17-28(26)36)18-38-14-15-39(21-38)19-32(40)37-29-8-4-5-9-30(29)42-25-6-2-1-3-7-25/h1-17,21,31H,18-20H2/p+1. The van der Waals surface area contributed by atoms with Crippen LogP contribution in [0.1, 0.15) is 17.2 Å². The molecule has 0 radical (unpaired) electrons. The molecule has 0 aliphatic carbocycles. The molecule has 0 saturated carbocycles. The highest BCUT2D eigenvalue weighted by Crippen LogP contribution is 2.32. The number of hydrogen-bond acceptors (Lipinski definition) is 3. The average molecular weight is 642 g/mol. The van der Waals surface area contributed by atoms with Gasteiger partial charge in [0.15, 0.2) is 12.3 Å². The highest BCUT2D eigenvalue weighted by Gasteiger charge is 2.21. The Balaban J connectivity index is 1.27. The lowest BCUT2D eigenvalue weighted by Crippen LogP contribution is -2.38. The van der Waals surface area contributed by atoms with Crippen molar-refractivity contribution in [2.75, 3.05) is 5.32 Å². The van der Waals surface area contributed by atoms with Crippen LogP contribution in [0.15, 0.2) is 110 Å². The lowest BCUT2D eigenvalue weighted by molar-refractivity contribution is -0.683. The minimum Gasteiger partial charge on any atom is -0.455 e.